The number of esters is 1. The Balaban J connectivity index is 2.60. The Bertz CT molecular complexity index is 762. The van der Waals surface area contributed by atoms with E-state index in [-0.39, 0.29) is 12.1 Å². The van der Waals surface area contributed by atoms with Gasteiger partial charge in [0.15, 0.2) is 6.61 Å². The van der Waals surface area contributed by atoms with Gasteiger partial charge in [-0.2, -0.15) is 8.78 Å². The molecule has 0 unspecified atom stereocenters. The maximum atomic E-state index is 12.4. The lowest BCUT2D eigenvalue weighted by Crippen LogP contribution is -2.41. The van der Waals surface area contributed by atoms with E-state index in [0.717, 1.165) is 24.3 Å². The SMILES string of the molecule is C=CCNC(=O)NC(=O)COC(=O)c1ccc(S(=O)(=O)C(F)F)cc1. The van der Waals surface area contributed by atoms with Crippen LogP contribution in [-0.2, 0) is 19.4 Å². The van der Waals surface area contributed by atoms with Crippen molar-refractivity contribution >= 4 is 27.7 Å². The number of hydrogen-bond acceptors (Lipinski definition) is 6. The topological polar surface area (TPSA) is 119 Å². The summed E-state index contributed by atoms with van der Waals surface area (Å²) in [5, 5.41) is 4.15. The molecule has 3 amide bonds. The van der Waals surface area contributed by atoms with Crippen molar-refractivity contribution in [1.29, 1.82) is 0 Å². The summed E-state index contributed by atoms with van der Waals surface area (Å²) in [6.45, 7) is 2.73. The number of halogens is 2. The highest BCUT2D eigenvalue weighted by Gasteiger charge is 2.26. The molecular formula is C14H14F2N2O6S. The number of sulfone groups is 1. The van der Waals surface area contributed by atoms with Gasteiger partial charge >= 0.3 is 17.8 Å². The summed E-state index contributed by atoms with van der Waals surface area (Å²) in [5.74, 6) is -5.48. The minimum atomic E-state index is -4.77. The van der Waals surface area contributed by atoms with Crippen LogP contribution >= 0.6 is 0 Å². The molecule has 11 heteroatoms. The van der Waals surface area contributed by atoms with Crippen molar-refractivity contribution in [1.82, 2.24) is 10.6 Å². The first-order chi connectivity index (χ1) is 11.7. The second kappa shape index (κ2) is 8.87. The van der Waals surface area contributed by atoms with E-state index in [9.17, 15) is 31.6 Å². The highest BCUT2D eigenvalue weighted by atomic mass is 32.2. The molecule has 1 rings (SSSR count). The fourth-order valence-corrected chi connectivity index (χ4v) is 2.19. The summed E-state index contributed by atoms with van der Waals surface area (Å²) < 4.78 is 51.9. The van der Waals surface area contributed by atoms with Gasteiger partial charge in [-0.25, -0.2) is 18.0 Å². The molecule has 8 nitrogen and oxygen atoms in total. The van der Waals surface area contributed by atoms with Gasteiger partial charge in [-0.3, -0.25) is 10.1 Å². The molecule has 0 saturated carbocycles. The third-order valence-electron chi connectivity index (χ3n) is 2.65. The molecule has 0 fully saturated rings. The molecule has 0 aromatic heterocycles. The lowest BCUT2D eigenvalue weighted by molar-refractivity contribution is -0.123. The van der Waals surface area contributed by atoms with Gasteiger partial charge < -0.3 is 10.1 Å². The molecule has 0 radical (unpaired) electrons. The van der Waals surface area contributed by atoms with Crippen LogP contribution in [0.2, 0.25) is 0 Å². The monoisotopic (exact) mass is 376 g/mol. The van der Waals surface area contributed by atoms with Crippen LogP contribution in [0.5, 0.6) is 0 Å². The zero-order valence-corrected chi connectivity index (χ0v) is 13.5. The maximum absolute atomic E-state index is 12.4. The van der Waals surface area contributed by atoms with E-state index in [4.69, 9.17) is 0 Å². The molecule has 0 aliphatic rings. The molecule has 0 aliphatic heterocycles. The van der Waals surface area contributed by atoms with E-state index in [1.807, 2.05) is 5.32 Å². The standard InChI is InChI=1S/C14H14F2N2O6S/c1-2-7-17-14(21)18-11(19)8-24-12(20)9-3-5-10(6-4-9)25(22,23)13(15)16/h2-6,13H,1,7-8H2,(H2,17,18,19,21). The maximum Gasteiger partial charge on any atom is 0.341 e. The summed E-state index contributed by atoms with van der Waals surface area (Å²) in [4.78, 5) is 33.6. The summed E-state index contributed by atoms with van der Waals surface area (Å²) in [5.41, 5.74) is -0.155. The largest absolute Gasteiger partial charge is 0.452 e. The number of carbonyl (C=O) groups is 3. The molecule has 0 heterocycles. The molecule has 1 aromatic rings. The Morgan fingerprint density at radius 2 is 1.80 bits per heavy atom. The number of amides is 3. The van der Waals surface area contributed by atoms with Crippen molar-refractivity contribution < 1.29 is 36.3 Å². The first-order valence-electron chi connectivity index (χ1n) is 6.66. The summed E-state index contributed by atoms with van der Waals surface area (Å²) in [6.07, 6.45) is 1.39. The van der Waals surface area contributed by atoms with Crippen molar-refractivity contribution in [2.45, 2.75) is 10.7 Å². The molecule has 1 aromatic carbocycles. The fourth-order valence-electron chi connectivity index (χ4n) is 1.47. The Kier molecular flexibility index (Phi) is 7.18. The minimum Gasteiger partial charge on any atom is -0.452 e. The minimum absolute atomic E-state index is 0.132. The lowest BCUT2D eigenvalue weighted by atomic mass is 10.2. The van der Waals surface area contributed by atoms with E-state index in [0.29, 0.717) is 0 Å². The van der Waals surface area contributed by atoms with Crippen LogP contribution in [0.15, 0.2) is 41.8 Å². The second-order valence-electron chi connectivity index (χ2n) is 4.45. The molecule has 2 N–H and O–H groups in total. The van der Waals surface area contributed by atoms with Crippen molar-refractivity contribution in [3.63, 3.8) is 0 Å². The number of benzene rings is 1. The Labute approximate surface area is 141 Å². The van der Waals surface area contributed by atoms with Gasteiger partial charge in [0.2, 0.25) is 9.84 Å². The van der Waals surface area contributed by atoms with E-state index >= 15 is 0 Å². The van der Waals surface area contributed by atoms with Crippen LogP contribution in [0, 0.1) is 0 Å². The molecule has 0 aliphatic carbocycles. The van der Waals surface area contributed by atoms with Crippen molar-refractivity contribution in [2.24, 2.45) is 0 Å². The van der Waals surface area contributed by atoms with E-state index in [2.05, 4.69) is 16.6 Å². The Morgan fingerprint density at radius 1 is 1.20 bits per heavy atom. The zero-order valence-electron chi connectivity index (χ0n) is 12.7. The number of carbonyl (C=O) groups excluding carboxylic acids is 3. The van der Waals surface area contributed by atoms with Gasteiger partial charge in [0.25, 0.3) is 5.91 Å². The summed E-state index contributed by atoms with van der Waals surface area (Å²) in [6, 6.07) is 2.77. The number of ether oxygens (including phenoxy) is 1. The van der Waals surface area contributed by atoms with Crippen molar-refractivity contribution in [3.05, 3.63) is 42.5 Å². The van der Waals surface area contributed by atoms with Gasteiger partial charge in [0.1, 0.15) is 0 Å². The molecule has 136 valence electrons. The third-order valence-corrected chi connectivity index (χ3v) is 4.05. The number of rotatable bonds is 7. The fraction of sp³-hybridized carbons (Fsp3) is 0.214. The van der Waals surface area contributed by atoms with Gasteiger partial charge in [0.05, 0.1) is 10.5 Å². The average molecular weight is 376 g/mol. The van der Waals surface area contributed by atoms with Gasteiger partial charge in [-0.15, -0.1) is 6.58 Å². The molecule has 0 atom stereocenters. The number of alkyl halides is 2. The smallest absolute Gasteiger partial charge is 0.341 e. The Hall–Kier alpha value is -2.82. The van der Waals surface area contributed by atoms with Crippen molar-refractivity contribution in [3.8, 4) is 0 Å². The normalized spacial score (nSPS) is 10.8. The quantitative estimate of drug-likeness (QED) is 0.538. The molecule has 0 bridgehead atoms. The lowest BCUT2D eigenvalue weighted by Gasteiger charge is -2.07. The molecular weight excluding hydrogens is 362 g/mol. The predicted molar refractivity (Wildman–Crippen MR) is 81.7 cm³/mol. The number of imide groups is 1. The molecule has 0 saturated heterocycles. The number of urea groups is 1. The number of nitrogens with one attached hydrogen (secondary N) is 2. The first kappa shape index (κ1) is 20.2. The van der Waals surface area contributed by atoms with Crippen molar-refractivity contribution in [2.75, 3.05) is 13.2 Å². The zero-order chi connectivity index (χ0) is 19.0. The van der Waals surface area contributed by atoms with E-state index in [1.165, 1.54) is 6.08 Å². The third kappa shape index (κ3) is 5.95. The van der Waals surface area contributed by atoms with Crippen LogP contribution in [-0.4, -0.2) is 45.2 Å². The molecule has 25 heavy (non-hydrogen) atoms. The van der Waals surface area contributed by atoms with E-state index < -0.39 is 45.0 Å². The van der Waals surface area contributed by atoms with Gasteiger partial charge in [-0.05, 0) is 24.3 Å². The average Bonchev–Trinajstić information content (AvgIpc) is 2.57. The van der Waals surface area contributed by atoms with Crippen LogP contribution in [0.4, 0.5) is 13.6 Å². The van der Waals surface area contributed by atoms with E-state index in [1.54, 1.807) is 0 Å². The predicted octanol–water partition coefficient (Wildman–Crippen LogP) is 0.851. The number of hydrogen-bond donors (Lipinski definition) is 2. The van der Waals surface area contributed by atoms with Crippen LogP contribution in [0.25, 0.3) is 0 Å². The highest BCUT2D eigenvalue weighted by molar-refractivity contribution is 7.91. The summed E-state index contributed by atoms with van der Waals surface area (Å²) in [7, 11) is -4.77. The first-order valence-corrected chi connectivity index (χ1v) is 8.21. The van der Waals surface area contributed by atoms with Gasteiger partial charge in [-0.1, -0.05) is 6.08 Å². The van der Waals surface area contributed by atoms with Gasteiger partial charge in [0, 0.05) is 6.54 Å². The van der Waals surface area contributed by atoms with Crippen LogP contribution in [0.3, 0.4) is 0 Å². The second-order valence-corrected chi connectivity index (χ2v) is 6.37. The highest BCUT2D eigenvalue weighted by Crippen LogP contribution is 2.18. The molecule has 0 spiro atoms. The van der Waals surface area contributed by atoms with Crippen LogP contribution in [0.1, 0.15) is 10.4 Å². The Morgan fingerprint density at radius 3 is 2.32 bits per heavy atom. The van der Waals surface area contributed by atoms with Crippen LogP contribution < -0.4 is 10.6 Å². The summed E-state index contributed by atoms with van der Waals surface area (Å²) >= 11 is 0.